The Hall–Kier alpha value is -0.690. The molecule has 1 unspecified atom stereocenters. The van der Waals surface area contributed by atoms with Crippen LogP contribution in [0.4, 0.5) is 0 Å². The average molecular weight is 265 g/mol. The number of quaternary nitrogens is 1. The topological polar surface area (TPSA) is 74.5 Å². The third-order valence-corrected chi connectivity index (χ3v) is 4.29. The molecule has 0 spiro atoms. The molecule has 0 saturated heterocycles. The van der Waals surface area contributed by atoms with E-state index in [4.69, 9.17) is 11.6 Å². The molecule has 16 heavy (non-hydrogen) atoms. The van der Waals surface area contributed by atoms with Crippen LogP contribution in [-0.2, 0) is 10.0 Å². The van der Waals surface area contributed by atoms with Crippen LogP contribution in [0, 0.1) is 5.21 Å². The molecule has 5 nitrogen and oxygen atoms in total. The number of halogens is 1. The fraction of sp³-hybridized carbons (Fsp3) is 0.444. The second-order valence-electron chi connectivity index (χ2n) is 4.33. The SMILES string of the molecule is CC(C)(C)[NH+]([O-])S(=O)(=O)c1cccnc1Cl. The van der Waals surface area contributed by atoms with Gasteiger partial charge in [0.15, 0.2) is 10.0 Å². The zero-order valence-corrected chi connectivity index (χ0v) is 10.8. The van der Waals surface area contributed by atoms with Crippen LogP contribution < -0.4 is 4.47 Å². The summed E-state index contributed by atoms with van der Waals surface area (Å²) in [5.74, 6) is 0. The van der Waals surface area contributed by atoms with Gasteiger partial charge in [0.2, 0.25) is 0 Å². The van der Waals surface area contributed by atoms with Crippen molar-refractivity contribution < 1.29 is 12.9 Å². The molecule has 1 aromatic rings. The Bertz CT molecular complexity index is 482. The summed E-state index contributed by atoms with van der Waals surface area (Å²) in [6.45, 7) is 4.62. The number of pyridine rings is 1. The van der Waals surface area contributed by atoms with Crippen molar-refractivity contribution in [2.45, 2.75) is 31.2 Å². The average Bonchev–Trinajstić information content (AvgIpc) is 2.15. The Morgan fingerprint density at radius 2 is 2.00 bits per heavy atom. The lowest BCUT2D eigenvalue weighted by Crippen LogP contribution is -3.16. The molecule has 1 rings (SSSR count). The number of rotatable bonds is 2. The van der Waals surface area contributed by atoms with Gasteiger partial charge < -0.3 is 5.21 Å². The minimum Gasteiger partial charge on any atom is -0.618 e. The van der Waals surface area contributed by atoms with Crippen molar-refractivity contribution in [3.63, 3.8) is 0 Å². The van der Waals surface area contributed by atoms with Crippen LogP contribution in [0.15, 0.2) is 23.2 Å². The highest BCUT2D eigenvalue weighted by molar-refractivity contribution is 7.85. The fourth-order valence-corrected chi connectivity index (χ4v) is 3.04. The van der Waals surface area contributed by atoms with Crippen molar-refractivity contribution >= 4 is 21.6 Å². The number of aromatic nitrogens is 1. The van der Waals surface area contributed by atoms with Gasteiger partial charge in [-0.2, -0.15) is 8.42 Å². The van der Waals surface area contributed by atoms with E-state index >= 15 is 0 Å². The molecule has 0 aliphatic rings. The zero-order valence-electron chi connectivity index (χ0n) is 9.19. The maximum Gasteiger partial charge on any atom is 0.328 e. The molecule has 0 aliphatic heterocycles. The lowest BCUT2D eigenvalue weighted by Gasteiger charge is -2.33. The van der Waals surface area contributed by atoms with E-state index in [9.17, 15) is 13.6 Å². The normalized spacial score (nSPS) is 14.8. The summed E-state index contributed by atoms with van der Waals surface area (Å²) >= 11 is 5.66. The monoisotopic (exact) mass is 264 g/mol. The van der Waals surface area contributed by atoms with E-state index in [-0.39, 0.29) is 10.0 Å². The first-order chi connectivity index (χ1) is 7.17. The van der Waals surface area contributed by atoms with Crippen molar-refractivity contribution in [3.8, 4) is 0 Å². The summed E-state index contributed by atoms with van der Waals surface area (Å²) < 4.78 is 23.0. The van der Waals surface area contributed by atoms with Gasteiger partial charge in [0.05, 0.1) is 0 Å². The van der Waals surface area contributed by atoms with Gasteiger partial charge in [-0.05, 0) is 32.9 Å². The van der Waals surface area contributed by atoms with Gasteiger partial charge in [0.25, 0.3) is 0 Å². The number of nitrogens with zero attached hydrogens (tertiary/aromatic N) is 1. The van der Waals surface area contributed by atoms with E-state index in [2.05, 4.69) is 4.98 Å². The molecule has 1 N–H and O–H groups in total. The molecule has 0 radical (unpaired) electrons. The highest BCUT2D eigenvalue weighted by Crippen LogP contribution is 2.16. The molecule has 1 aromatic heterocycles. The molecule has 90 valence electrons. The second kappa shape index (κ2) is 4.29. The van der Waals surface area contributed by atoms with Gasteiger partial charge in [-0.25, -0.2) is 4.98 Å². The molecule has 0 aromatic carbocycles. The van der Waals surface area contributed by atoms with Gasteiger partial charge in [-0.3, -0.25) is 4.47 Å². The lowest BCUT2D eigenvalue weighted by atomic mass is 10.1. The first-order valence-corrected chi connectivity index (χ1v) is 6.43. The van der Waals surface area contributed by atoms with Gasteiger partial charge in [0, 0.05) is 6.20 Å². The molecular formula is C9H13ClN2O3S. The number of sulfonamides is 1. The Kier molecular flexibility index (Phi) is 3.59. The maximum absolute atomic E-state index is 11.9. The fourth-order valence-electron chi connectivity index (χ4n) is 1.07. The third kappa shape index (κ3) is 2.52. The third-order valence-electron chi connectivity index (χ3n) is 1.87. The standard InChI is InChI=1S/C9H13ClN2O3S/c1-9(2,3)12(13)16(14,15)7-5-4-6-11-8(7)10/h4-6,12H,1-3H3. The minimum absolute atomic E-state index is 0.180. The van der Waals surface area contributed by atoms with Crippen LogP contribution in [0.25, 0.3) is 0 Å². The molecule has 0 aliphatic carbocycles. The molecular weight excluding hydrogens is 252 g/mol. The van der Waals surface area contributed by atoms with Crippen molar-refractivity contribution in [2.24, 2.45) is 0 Å². The molecule has 0 bridgehead atoms. The van der Waals surface area contributed by atoms with Crippen molar-refractivity contribution in [1.29, 1.82) is 0 Å². The van der Waals surface area contributed by atoms with Crippen LogP contribution in [0.5, 0.6) is 0 Å². The van der Waals surface area contributed by atoms with Crippen LogP contribution in [-0.4, -0.2) is 18.9 Å². The van der Waals surface area contributed by atoms with Crippen molar-refractivity contribution in [2.75, 3.05) is 0 Å². The summed E-state index contributed by atoms with van der Waals surface area (Å²) in [6, 6.07) is 2.70. The predicted octanol–water partition coefficient (Wildman–Crippen LogP) is 0.605. The summed E-state index contributed by atoms with van der Waals surface area (Å²) in [5, 5.41) is 11.6. The van der Waals surface area contributed by atoms with Gasteiger partial charge >= 0.3 is 10.0 Å². The highest BCUT2D eigenvalue weighted by atomic mass is 35.5. The number of hydrogen-bond donors (Lipinski definition) is 1. The number of hydrogen-bond acceptors (Lipinski definition) is 4. The Balaban J connectivity index is 3.29. The smallest absolute Gasteiger partial charge is 0.328 e. The summed E-state index contributed by atoms with van der Waals surface area (Å²) in [4.78, 5) is 3.40. The summed E-state index contributed by atoms with van der Waals surface area (Å²) in [6.07, 6.45) is 1.36. The van der Waals surface area contributed by atoms with E-state index in [1.165, 1.54) is 39.1 Å². The van der Waals surface area contributed by atoms with Crippen LogP contribution in [0.2, 0.25) is 5.15 Å². The maximum atomic E-state index is 11.9. The predicted molar refractivity (Wildman–Crippen MR) is 60.5 cm³/mol. The van der Waals surface area contributed by atoms with E-state index in [0.29, 0.717) is 0 Å². The van der Waals surface area contributed by atoms with E-state index in [1.54, 1.807) is 0 Å². The largest absolute Gasteiger partial charge is 0.618 e. The van der Waals surface area contributed by atoms with Crippen molar-refractivity contribution in [1.82, 2.24) is 4.98 Å². The van der Waals surface area contributed by atoms with Crippen LogP contribution in [0.1, 0.15) is 20.8 Å². The van der Waals surface area contributed by atoms with Gasteiger partial charge in [-0.1, -0.05) is 11.6 Å². The molecule has 7 heteroatoms. The van der Waals surface area contributed by atoms with Crippen molar-refractivity contribution in [3.05, 3.63) is 28.7 Å². The lowest BCUT2D eigenvalue weighted by molar-refractivity contribution is -0.768. The minimum atomic E-state index is -4.06. The first-order valence-electron chi connectivity index (χ1n) is 4.57. The molecule has 1 heterocycles. The Morgan fingerprint density at radius 3 is 2.44 bits per heavy atom. The van der Waals surface area contributed by atoms with Gasteiger partial charge in [0.1, 0.15) is 5.54 Å². The number of hydroxylamine groups is 1. The molecule has 0 amide bonds. The van der Waals surface area contributed by atoms with E-state index in [0.717, 1.165) is 0 Å². The van der Waals surface area contributed by atoms with Crippen LogP contribution >= 0.6 is 11.6 Å². The molecule has 0 fully saturated rings. The number of nitrogens with one attached hydrogen (secondary N) is 1. The highest BCUT2D eigenvalue weighted by Gasteiger charge is 2.33. The summed E-state index contributed by atoms with van der Waals surface area (Å²) in [5.41, 5.74) is -0.974. The molecule has 1 atom stereocenters. The first kappa shape index (κ1) is 13.4. The summed E-state index contributed by atoms with van der Waals surface area (Å²) in [7, 11) is -4.06. The Labute approximate surface area is 99.7 Å². The van der Waals surface area contributed by atoms with E-state index in [1.807, 2.05) is 0 Å². The van der Waals surface area contributed by atoms with E-state index < -0.39 is 20.0 Å². The zero-order chi connectivity index (χ0) is 12.6. The second-order valence-corrected chi connectivity index (χ2v) is 6.51. The quantitative estimate of drug-likeness (QED) is 0.627. The Morgan fingerprint density at radius 1 is 1.44 bits per heavy atom. The van der Waals surface area contributed by atoms with Gasteiger partial charge in [-0.15, -0.1) is 0 Å². The molecule has 0 saturated carbocycles. The van der Waals surface area contributed by atoms with Crippen LogP contribution in [0.3, 0.4) is 0 Å².